The van der Waals surface area contributed by atoms with E-state index in [9.17, 15) is 9.50 Å². The Morgan fingerprint density at radius 2 is 2.55 bits per heavy atom. The van der Waals surface area contributed by atoms with Gasteiger partial charge in [0.05, 0.1) is 0 Å². The number of hydrogen-bond donors (Lipinski definition) is 1. The first-order chi connectivity index (χ1) is 5.26. The number of ether oxygens (including phenoxy) is 1. The van der Waals surface area contributed by atoms with E-state index in [2.05, 4.69) is 9.73 Å². The molecule has 0 fully saturated rings. The van der Waals surface area contributed by atoms with E-state index in [1.807, 2.05) is 0 Å². The van der Waals surface area contributed by atoms with Crippen molar-refractivity contribution in [2.45, 2.75) is 6.04 Å². The molecule has 0 aromatic carbocycles. The second-order valence-electron chi connectivity index (χ2n) is 1.66. The van der Waals surface area contributed by atoms with Crippen molar-refractivity contribution in [1.82, 2.24) is 0 Å². The van der Waals surface area contributed by atoms with Crippen LogP contribution < -0.4 is 0 Å². The number of aliphatic hydroxyl groups excluding tert-OH is 1. The molecule has 0 amide bonds. The molecule has 1 atom stereocenters. The van der Waals surface area contributed by atoms with Crippen LogP contribution in [0.4, 0.5) is 0 Å². The monoisotopic (exact) mass is 157 g/mol. The summed E-state index contributed by atoms with van der Waals surface area (Å²) < 4.78 is 14.0. The molecule has 0 unspecified atom stereocenters. The number of methoxy groups -OCH3 is 1. The third kappa shape index (κ3) is 3.62. The molecule has 60 valence electrons. The molecule has 0 saturated carbocycles. The van der Waals surface area contributed by atoms with Crippen LogP contribution in [-0.4, -0.2) is 44.1 Å². The molecule has 0 radical (unpaired) electrons. The van der Waals surface area contributed by atoms with Gasteiger partial charge in [-0.05, 0) is 0 Å². The van der Waals surface area contributed by atoms with Gasteiger partial charge in [-0.1, -0.05) is 0 Å². The Morgan fingerprint density at radius 1 is 1.91 bits per heavy atom. The molecule has 0 heterocycles. The van der Waals surface area contributed by atoms with Crippen LogP contribution in [0.1, 0.15) is 0 Å². The van der Waals surface area contributed by atoms with Gasteiger partial charge in [-0.3, -0.25) is 0 Å². The topological polar surface area (TPSA) is 76.0 Å². The summed E-state index contributed by atoms with van der Waals surface area (Å²) in [6.07, 6.45) is 0.901. The third-order valence-corrected chi connectivity index (χ3v) is 0.973. The van der Waals surface area contributed by atoms with E-state index in [1.165, 1.54) is 7.11 Å². The Balaban J connectivity index is 4.04. The molecule has 1 N–H and O–H groups in total. The molecule has 0 aliphatic rings. The van der Waals surface area contributed by atoms with Crippen molar-refractivity contribution in [2.24, 2.45) is 4.99 Å². The number of aliphatic imine (C=N–C) groups is 1. The molecular formula is C5H8BNO4. The maximum absolute atomic E-state index is 10.6. The average Bonchev–Trinajstić information content (AvgIpc) is 2.05. The number of carbonyl (C=O) groups excluding carboxylic acids is 1. The predicted molar refractivity (Wildman–Crippen MR) is 37.8 cm³/mol. The van der Waals surface area contributed by atoms with Crippen LogP contribution in [0.3, 0.4) is 0 Å². The summed E-state index contributed by atoms with van der Waals surface area (Å²) >= 11 is 0. The quantitative estimate of drug-likeness (QED) is 0.309. The van der Waals surface area contributed by atoms with Crippen LogP contribution in [0.15, 0.2) is 4.99 Å². The van der Waals surface area contributed by atoms with Crippen molar-refractivity contribution in [3.05, 3.63) is 0 Å². The summed E-state index contributed by atoms with van der Waals surface area (Å²) in [7, 11) is 1.60. The Morgan fingerprint density at radius 3 is 2.91 bits per heavy atom. The summed E-state index contributed by atoms with van der Waals surface area (Å²) in [5.41, 5.74) is 0. The normalized spacial score (nSPS) is 12.5. The van der Waals surface area contributed by atoms with Crippen molar-refractivity contribution >= 4 is 19.2 Å². The zero-order valence-electron chi connectivity index (χ0n) is 6.06. The summed E-state index contributed by atoms with van der Waals surface area (Å²) in [5, 5.41) is 8.52. The fraction of sp³-hybridized carbons (Fsp3) is 0.600. The molecule has 6 heteroatoms. The van der Waals surface area contributed by atoms with Gasteiger partial charge in [0.1, 0.15) is 0 Å². The minimum atomic E-state index is -0.981. The fourth-order valence-corrected chi connectivity index (χ4v) is 0.458. The molecule has 0 aromatic heterocycles. The van der Waals surface area contributed by atoms with Gasteiger partial charge < -0.3 is 0 Å². The fourth-order valence-electron chi connectivity index (χ4n) is 0.458. The molecule has 0 bridgehead atoms. The summed E-state index contributed by atoms with van der Waals surface area (Å²) in [6.45, 7) is -0.461. The number of carbonyl (C=O) groups is 1. The van der Waals surface area contributed by atoms with E-state index in [0.29, 0.717) is 7.15 Å². The van der Waals surface area contributed by atoms with Crippen LogP contribution in [0, 0.1) is 0 Å². The zero-order chi connectivity index (χ0) is 8.69. The summed E-state index contributed by atoms with van der Waals surface area (Å²) in [5.74, 6) is -0.661. The van der Waals surface area contributed by atoms with Crippen LogP contribution >= 0.6 is 0 Å². The second kappa shape index (κ2) is 5.73. The maximum atomic E-state index is 10.6. The SMILES string of the molecule is COC(=O)[C@H](CO)/N=C/B=O. The third-order valence-electron chi connectivity index (χ3n) is 0.973. The molecule has 11 heavy (non-hydrogen) atoms. The van der Waals surface area contributed by atoms with Gasteiger partial charge in [0.25, 0.3) is 0 Å². The van der Waals surface area contributed by atoms with E-state index in [1.54, 1.807) is 0 Å². The predicted octanol–water partition coefficient (Wildman–Crippen LogP) is -1.40. The molecule has 0 aliphatic carbocycles. The molecular weight excluding hydrogens is 149 g/mol. The summed E-state index contributed by atoms with van der Waals surface area (Å²) in [4.78, 5) is 14.1. The van der Waals surface area contributed by atoms with Crippen molar-refractivity contribution in [3.63, 3.8) is 0 Å². The molecule has 0 aromatic rings. The Hall–Kier alpha value is -1.04. The molecule has 5 nitrogen and oxygen atoms in total. The first-order valence-electron chi connectivity index (χ1n) is 2.92. The van der Waals surface area contributed by atoms with Gasteiger partial charge in [0, 0.05) is 0 Å². The van der Waals surface area contributed by atoms with Gasteiger partial charge in [-0.25, -0.2) is 0 Å². The van der Waals surface area contributed by atoms with Crippen LogP contribution in [0.25, 0.3) is 0 Å². The van der Waals surface area contributed by atoms with E-state index >= 15 is 0 Å². The van der Waals surface area contributed by atoms with E-state index in [4.69, 9.17) is 5.11 Å². The minimum absolute atomic E-state index is 0.422. The second-order valence-corrected chi connectivity index (χ2v) is 1.66. The number of nitrogens with zero attached hydrogens (tertiary/aromatic N) is 1. The first-order valence-corrected chi connectivity index (χ1v) is 2.92. The number of esters is 1. The Kier molecular flexibility index (Phi) is 5.19. The Bertz CT molecular complexity index is 170. The molecule has 0 aliphatic heterocycles. The van der Waals surface area contributed by atoms with Gasteiger partial charge in [0.2, 0.25) is 0 Å². The number of hydrogen-bond acceptors (Lipinski definition) is 5. The molecule has 0 rings (SSSR count). The molecule has 0 saturated heterocycles. The van der Waals surface area contributed by atoms with Crippen molar-refractivity contribution in [2.75, 3.05) is 13.7 Å². The number of rotatable bonds is 4. The van der Waals surface area contributed by atoms with Gasteiger partial charge in [-0.2, -0.15) is 0 Å². The molecule has 0 spiro atoms. The van der Waals surface area contributed by atoms with Crippen LogP contribution in [0.5, 0.6) is 0 Å². The van der Waals surface area contributed by atoms with Gasteiger partial charge >= 0.3 is 63.3 Å². The standard InChI is InChI=1S/C5H8BNO4/c1-11-5(9)4(2-8)7-3-6-10/h3-4,8H,2H2,1H3/b7-3+/t4-/m0/s1. The van der Waals surface area contributed by atoms with Crippen molar-refractivity contribution in [1.29, 1.82) is 0 Å². The first kappa shape index (κ1) is 9.96. The van der Waals surface area contributed by atoms with E-state index < -0.39 is 18.6 Å². The van der Waals surface area contributed by atoms with Crippen molar-refractivity contribution < 1.29 is 19.3 Å². The Labute approximate surface area is 64.3 Å². The van der Waals surface area contributed by atoms with E-state index in [0.717, 1.165) is 6.11 Å². The van der Waals surface area contributed by atoms with Crippen LogP contribution in [0.2, 0.25) is 0 Å². The van der Waals surface area contributed by atoms with E-state index in [-0.39, 0.29) is 0 Å². The average molecular weight is 157 g/mol. The number of aliphatic hydroxyl groups is 1. The zero-order valence-corrected chi connectivity index (χ0v) is 6.06. The van der Waals surface area contributed by atoms with Gasteiger partial charge in [-0.15, -0.1) is 0 Å². The van der Waals surface area contributed by atoms with Gasteiger partial charge in [0.15, 0.2) is 0 Å². The van der Waals surface area contributed by atoms with Crippen LogP contribution in [-0.2, 0) is 14.2 Å². The summed E-state index contributed by atoms with van der Waals surface area (Å²) in [6, 6.07) is -0.981. The van der Waals surface area contributed by atoms with Crippen molar-refractivity contribution in [3.8, 4) is 0 Å².